The Morgan fingerprint density at radius 3 is 0.891 bits per heavy atom. The van der Waals surface area contributed by atoms with Crippen molar-refractivity contribution in [1.29, 1.82) is 0 Å². The summed E-state index contributed by atoms with van der Waals surface area (Å²) in [6.45, 7) is 8.55. The first-order chi connectivity index (χ1) is 31.4. The summed E-state index contributed by atoms with van der Waals surface area (Å²) in [5.74, 6) is -3.44. The molecule has 7 heteroatoms. The van der Waals surface area contributed by atoms with E-state index in [1.807, 2.05) is 0 Å². The highest BCUT2D eigenvalue weighted by Gasteiger charge is 2.41. The summed E-state index contributed by atoms with van der Waals surface area (Å²) in [6, 6.07) is 0. The monoisotopic (exact) mass is 917 g/mol. The largest absolute Gasteiger partial charge is 0.423 e. The van der Waals surface area contributed by atoms with E-state index in [2.05, 4.69) is 56.8 Å². The van der Waals surface area contributed by atoms with Crippen molar-refractivity contribution in [3.63, 3.8) is 0 Å². The topological polar surface area (TPSA) is 78.9 Å². The lowest BCUT2D eigenvalue weighted by molar-refractivity contribution is -0.331. The van der Waals surface area contributed by atoms with Crippen LogP contribution in [0.4, 0.5) is 0 Å². The Bertz CT molecular complexity index is 1080. The SMILES string of the molecule is CCCCCCCC/C=C\CCCCCCCC(=O)OC(CC)(OC(=O)CCCCCCC/C=C\CCCCCCCC)OC(=O)CCCCCCCC1SC1CCCCCCCC. The molecule has 0 saturated carbocycles. The van der Waals surface area contributed by atoms with E-state index in [4.69, 9.17) is 14.2 Å². The summed E-state index contributed by atoms with van der Waals surface area (Å²) >= 11 is 2.18. The minimum atomic E-state index is -2.00. The third kappa shape index (κ3) is 38.4. The van der Waals surface area contributed by atoms with E-state index in [1.165, 1.54) is 167 Å². The number of hydrogen-bond acceptors (Lipinski definition) is 7. The second-order valence-corrected chi connectivity index (χ2v) is 20.7. The summed E-state index contributed by atoms with van der Waals surface area (Å²) in [5, 5.41) is 1.76. The van der Waals surface area contributed by atoms with Gasteiger partial charge in [-0.25, -0.2) is 0 Å². The van der Waals surface area contributed by atoms with Crippen molar-refractivity contribution < 1.29 is 28.6 Å². The van der Waals surface area contributed by atoms with Gasteiger partial charge in [-0.2, -0.15) is 11.8 Å². The number of unbranched alkanes of at least 4 members (excludes halogenated alkanes) is 31. The van der Waals surface area contributed by atoms with Crippen LogP contribution in [0.1, 0.15) is 304 Å². The van der Waals surface area contributed by atoms with Crippen LogP contribution in [0.15, 0.2) is 24.3 Å². The molecule has 0 aromatic carbocycles. The van der Waals surface area contributed by atoms with Crippen LogP contribution in [0, 0.1) is 0 Å². The molecule has 1 fully saturated rings. The van der Waals surface area contributed by atoms with Gasteiger partial charge in [-0.3, -0.25) is 14.4 Å². The Labute approximate surface area is 401 Å². The Hall–Kier alpha value is -1.76. The number of carbonyl (C=O) groups is 3. The fourth-order valence-electron chi connectivity index (χ4n) is 8.59. The first-order valence-electron chi connectivity index (χ1n) is 28.0. The zero-order chi connectivity index (χ0) is 46.4. The zero-order valence-electron chi connectivity index (χ0n) is 42.7. The molecule has 374 valence electrons. The molecule has 0 bridgehead atoms. The van der Waals surface area contributed by atoms with E-state index < -0.39 is 23.9 Å². The second-order valence-electron chi connectivity index (χ2n) is 19.2. The van der Waals surface area contributed by atoms with Gasteiger partial charge < -0.3 is 14.2 Å². The fourth-order valence-corrected chi connectivity index (χ4v) is 9.83. The van der Waals surface area contributed by atoms with Gasteiger partial charge in [0.2, 0.25) is 0 Å². The molecule has 0 amide bonds. The molecule has 0 spiro atoms. The maximum Gasteiger partial charge on any atom is 0.423 e. The fraction of sp³-hybridized carbons (Fsp3) is 0.877. The summed E-state index contributed by atoms with van der Waals surface area (Å²) < 4.78 is 17.3. The van der Waals surface area contributed by atoms with Gasteiger partial charge in [0.1, 0.15) is 0 Å². The van der Waals surface area contributed by atoms with Crippen molar-refractivity contribution in [3.05, 3.63) is 24.3 Å². The van der Waals surface area contributed by atoms with Crippen molar-refractivity contribution in [1.82, 2.24) is 0 Å². The molecule has 0 aromatic rings. The van der Waals surface area contributed by atoms with Crippen LogP contribution in [-0.4, -0.2) is 34.4 Å². The van der Waals surface area contributed by atoms with E-state index >= 15 is 0 Å². The van der Waals surface area contributed by atoms with E-state index in [9.17, 15) is 14.4 Å². The summed E-state index contributed by atoms with van der Waals surface area (Å²) in [7, 11) is 0. The van der Waals surface area contributed by atoms with Crippen LogP contribution in [0.2, 0.25) is 0 Å². The quantitative estimate of drug-likeness (QED) is 0.0198. The number of esters is 3. The van der Waals surface area contributed by atoms with E-state index in [1.54, 1.807) is 6.92 Å². The number of ether oxygens (including phenoxy) is 3. The standard InChI is InChI=1S/C57H104O6S/c1-5-9-12-15-18-20-22-24-26-28-30-32-34-39-44-49-54(58)61-57(8-4,62-55(59)50-45-40-35-33-31-29-27-25-23-21-19-16-13-10-6-2)63-56(60)51-46-41-36-38-43-48-53-52(64-53)47-42-37-17-14-11-7-3/h24-27,52-53H,5-23,28-51H2,1-4H3/b26-24-,27-25-. The predicted molar refractivity (Wildman–Crippen MR) is 276 cm³/mol. The van der Waals surface area contributed by atoms with E-state index in [-0.39, 0.29) is 25.7 Å². The first kappa shape index (κ1) is 60.3. The van der Waals surface area contributed by atoms with Gasteiger partial charge in [-0.15, -0.1) is 0 Å². The molecule has 1 aliphatic rings. The molecule has 1 rings (SSSR count). The van der Waals surface area contributed by atoms with Gasteiger partial charge in [0.05, 0.1) is 6.42 Å². The van der Waals surface area contributed by atoms with Crippen LogP contribution in [0.5, 0.6) is 0 Å². The highest BCUT2D eigenvalue weighted by Crippen LogP contribution is 2.47. The lowest BCUT2D eigenvalue weighted by Crippen LogP contribution is -2.44. The third-order valence-electron chi connectivity index (χ3n) is 12.9. The lowest BCUT2D eigenvalue weighted by atomic mass is 10.0. The molecule has 0 aromatic heterocycles. The van der Waals surface area contributed by atoms with Gasteiger partial charge in [0.25, 0.3) is 0 Å². The Balaban J connectivity index is 2.42. The molecule has 0 aliphatic carbocycles. The maximum absolute atomic E-state index is 13.2. The molecule has 64 heavy (non-hydrogen) atoms. The van der Waals surface area contributed by atoms with Crippen molar-refractivity contribution in [2.24, 2.45) is 0 Å². The molecular formula is C57H104O6S. The molecule has 6 nitrogen and oxygen atoms in total. The number of hydrogen-bond donors (Lipinski definition) is 0. The highest BCUT2D eigenvalue weighted by atomic mass is 32.2. The van der Waals surface area contributed by atoms with Gasteiger partial charge >= 0.3 is 23.9 Å². The predicted octanol–water partition coefficient (Wildman–Crippen LogP) is 18.7. The first-order valence-corrected chi connectivity index (χ1v) is 28.9. The average Bonchev–Trinajstić information content (AvgIpc) is 4.04. The van der Waals surface area contributed by atoms with Crippen molar-refractivity contribution in [2.75, 3.05) is 0 Å². The number of allylic oxidation sites excluding steroid dienone is 4. The smallest absolute Gasteiger partial charge is 0.388 e. The number of carbonyl (C=O) groups excluding carboxylic acids is 3. The lowest BCUT2D eigenvalue weighted by Gasteiger charge is -2.30. The molecule has 1 heterocycles. The van der Waals surface area contributed by atoms with Gasteiger partial charge in [-0.1, -0.05) is 219 Å². The van der Waals surface area contributed by atoms with Crippen molar-refractivity contribution in [2.45, 2.75) is 320 Å². The normalized spacial score (nSPS) is 15.1. The number of rotatable bonds is 49. The van der Waals surface area contributed by atoms with Crippen LogP contribution in [-0.2, 0) is 28.6 Å². The molecule has 1 saturated heterocycles. The van der Waals surface area contributed by atoms with Crippen molar-refractivity contribution >= 4 is 29.7 Å². The van der Waals surface area contributed by atoms with Crippen LogP contribution < -0.4 is 0 Å². The molecule has 2 atom stereocenters. The summed E-state index contributed by atoms with van der Waals surface area (Å²) in [5.41, 5.74) is 0. The van der Waals surface area contributed by atoms with E-state index in [0.717, 1.165) is 74.7 Å². The van der Waals surface area contributed by atoms with Crippen LogP contribution in [0.25, 0.3) is 0 Å². The molecule has 2 unspecified atom stereocenters. The van der Waals surface area contributed by atoms with Gasteiger partial charge in [0.15, 0.2) is 0 Å². The van der Waals surface area contributed by atoms with Crippen LogP contribution in [0.3, 0.4) is 0 Å². The van der Waals surface area contributed by atoms with Crippen molar-refractivity contribution in [3.8, 4) is 0 Å². The second kappa shape index (κ2) is 45.0. The van der Waals surface area contributed by atoms with E-state index in [0.29, 0.717) is 19.3 Å². The minimum Gasteiger partial charge on any atom is -0.388 e. The average molecular weight is 918 g/mol. The Morgan fingerprint density at radius 2 is 0.609 bits per heavy atom. The molecular weight excluding hydrogens is 813 g/mol. The zero-order valence-corrected chi connectivity index (χ0v) is 43.5. The highest BCUT2D eigenvalue weighted by molar-refractivity contribution is 8.07. The summed E-state index contributed by atoms with van der Waals surface area (Å²) in [4.78, 5) is 39.4. The number of thioether (sulfide) groups is 1. The minimum absolute atomic E-state index is 0.0635. The van der Waals surface area contributed by atoms with Crippen LogP contribution >= 0.6 is 11.8 Å². The van der Waals surface area contributed by atoms with Gasteiger partial charge in [0, 0.05) is 29.8 Å². The molecule has 0 N–H and O–H groups in total. The molecule has 1 aliphatic heterocycles. The third-order valence-corrected chi connectivity index (χ3v) is 14.4. The van der Waals surface area contributed by atoms with Gasteiger partial charge in [-0.05, 0) is 83.5 Å². The summed E-state index contributed by atoms with van der Waals surface area (Å²) in [6.07, 6.45) is 56.9. The maximum atomic E-state index is 13.2. The Kier molecular flexibility index (Phi) is 42.4. The molecule has 0 radical (unpaired) electrons. The Morgan fingerprint density at radius 1 is 0.359 bits per heavy atom.